The molecule has 2 rings (SSSR count). The van der Waals surface area contributed by atoms with Gasteiger partial charge in [0, 0.05) is 63.6 Å². The first-order valence-corrected chi connectivity index (χ1v) is 10.7. The number of ether oxygens (including phenoxy) is 4. The van der Waals surface area contributed by atoms with Crippen molar-refractivity contribution in [2.45, 2.75) is 32.2 Å². The molecule has 1 aromatic carbocycles. The number of halogens is 1. The maximum Gasteiger partial charge on any atom is 0.191 e. The lowest BCUT2D eigenvalue weighted by molar-refractivity contribution is 0.128. The summed E-state index contributed by atoms with van der Waals surface area (Å²) < 4.78 is 21.6. The monoisotopic (exact) mass is 550 g/mol. The van der Waals surface area contributed by atoms with Crippen LogP contribution in [0, 0.1) is 0 Å². The molecule has 2 N–H and O–H groups in total. The number of rotatable bonds is 11. The maximum atomic E-state index is 5.54. The third kappa shape index (κ3) is 8.89. The summed E-state index contributed by atoms with van der Waals surface area (Å²) in [5.74, 6) is 3.08. The van der Waals surface area contributed by atoms with Crippen molar-refractivity contribution in [2.24, 2.45) is 4.99 Å². The number of benzene rings is 1. The lowest BCUT2D eigenvalue weighted by Crippen LogP contribution is -2.49. The van der Waals surface area contributed by atoms with Crippen LogP contribution >= 0.6 is 24.0 Å². The topological polar surface area (TPSA) is 76.6 Å². The highest BCUT2D eigenvalue weighted by molar-refractivity contribution is 14.0. The fourth-order valence-corrected chi connectivity index (χ4v) is 3.64. The molecule has 8 nitrogen and oxygen atoms in total. The van der Waals surface area contributed by atoms with Gasteiger partial charge >= 0.3 is 0 Å². The summed E-state index contributed by atoms with van der Waals surface area (Å²) in [6.45, 7) is 7.50. The fraction of sp³-hybridized carbons (Fsp3) is 0.682. The number of methoxy groups -OCH3 is 4. The van der Waals surface area contributed by atoms with Gasteiger partial charge in [-0.05, 0) is 26.2 Å². The Bertz CT molecular complexity index is 642. The minimum Gasteiger partial charge on any atom is -0.496 e. The predicted molar refractivity (Wildman–Crippen MR) is 136 cm³/mol. The second-order valence-electron chi connectivity index (χ2n) is 7.27. The smallest absolute Gasteiger partial charge is 0.191 e. The molecule has 0 radical (unpaired) electrons. The molecule has 1 fully saturated rings. The van der Waals surface area contributed by atoms with Crippen LogP contribution in [0.1, 0.15) is 25.3 Å². The van der Waals surface area contributed by atoms with E-state index in [4.69, 9.17) is 23.9 Å². The Balaban J connectivity index is 0.00000480. The first kappa shape index (κ1) is 27.6. The molecule has 0 amide bonds. The Hall–Kier alpha value is -1.46. The molecule has 1 aliphatic heterocycles. The number of likely N-dealkylation sites (tertiary alicyclic amines) is 1. The summed E-state index contributed by atoms with van der Waals surface area (Å²) in [6, 6.07) is 4.19. The molecule has 0 aliphatic carbocycles. The second-order valence-corrected chi connectivity index (χ2v) is 7.27. The molecule has 0 spiro atoms. The van der Waals surface area contributed by atoms with Gasteiger partial charge in [0.25, 0.3) is 0 Å². The minimum absolute atomic E-state index is 0. The SMILES string of the molecule is CCNC(=NCCc1c(OC)cc(OC)cc1OC)NC1CCN(CCOC)CC1.I. The largest absolute Gasteiger partial charge is 0.496 e. The zero-order chi connectivity index (χ0) is 21.8. The zero-order valence-corrected chi connectivity index (χ0v) is 21.9. The highest BCUT2D eigenvalue weighted by Crippen LogP contribution is 2.34. The van der Waals surface area contributed by atoms with Gasteiger partial charge in [0.2, 0.25) is 0 Å². The van der Waals surface area contributed by atoms with Crippen LogP contribution in [-0.2, 0) is 11.2 Å². The van der Waals surface area contributed by atoms with Crippen LogP contribution in [0.4, 0.5) is 0 Å². The number of aliphatic imine (C=N–C) groups is 1. The van der Waals surface area contributed by atoms with E-state index < -0.39 is 0 Å². The van der Waals surface area contributed by atoms with Crippen molar-refractivity contribution in [2.75, 3.05) is 67.8 Å². The van der Waals surface area contributed by atoms with Crippen LogP contribution in [0.25, 0.3) is 0 Å². The van der Waals surface area contributed by atoms with Crippen molar-refractivity contribution in [1.29, 1.82) is 0 Å². The lowest BCUT2D eigenvalue weighted by Gasteiger charge is -2.32. The Kier molecular flexibility index (Phi) is 13.7. The maximum absolute atomic E-state index is 5.54. The van der Waals surface area contributed by atoms with Crippen molar-refractivity contribution in [3.8, 4) is 17.2 Å². The van der Waals surface area contributed by atoms with E-state index in [2.05, 4.69) is 22.5 Å². The van der Waals surface area contributed by atoms with E-state index >= 15 is 0 Å². The van der Waals surface area contributed by atoms with E-state index in [0.717, 1.165) is 68.6 Å². The van der Waals surface area contributed by atoms with E-state index in [1.54, 1.807) is 28.4 Å². The number of hydrogen-bond donors (Lipinski definition) is 2. The van der Waals surface area contributed by atoms with E-state index in [1.165, 1.54) is 0 Å². The Morgan fingerprint density at radius 1 is 1.06 bits per heavy atom. The molecule has 1 saturated heterocycles. The summed E-state index contributed by atoms with van der Waals surface area (Å²) in [5, 5.41) is 6.95. The number of nitrogens with zero attached hydrogens (tertiary/aromatic N) is 2. The Morgan fingerprint density at radius 3 is 2.23 bits per heavy atom. The zero-order valence-electron chi connectivity index (χ0n) is 19.5. The van der Waals surface area contributed by atoms with Crippen LogP contribution < -0.4 is 24.8 Å². The highest BCUT2D eigenvalue weighted by Gasteiger charge is 2.20. The number of hydrogen-bond acceptors (Lipinski definition) is 6. The molecular weight excluding hydrogens is 511 g/mol. The standard InChI is InChI=1S/C22H38N4O4.HI/c1-6-23-22(25-17-8-11-26(12-9-17)13-14-27-2)24-10-7-19-20(29-4)15-18(28-3)16-21(19)30-5;/h15-17H,6-14H2,1-5H3,(H2,23,24,25);1H. The van der Waals surface area contributed by atoms with Crippen LogP contribution in [0.3, 0.4) is 0 Å². The van der Waals surface area contributed by atoms with Crippen LogP contribution in [0.5, 0.6) is 17.2 Å². The van der Waals surface area contributed by atoms with Gasteiger partial charge < -0.3 is 34.5 Å². The molecule has 0 saturated carbocycles. The molecule has 0 bridgehead atoms. The second kappa shape index (κ2) is 15.4. The van der Waals surface area contributed by atoms with Crippen LogP contribution in [0.15, 0.2) is 17.1 Å². The van der Waals surface area contributed by atoms with Crippen molar-refractivity contribution >= 4 is 29.9 Å². The molecule has 31 heavy (non-hydrogen) atoms. The van der Waals surface area contributed by atoms with Crippen LogP contribution in [-0.4, -0.2) is 84.7 Å². The molecule has 1 heterocycles. The summed E-state index contributed by atoms with van der Waals surface area (Å²) >= 11 is 0. The van der Waals surface area contributed by atoms with Gasteiger partial charge in [-0.2, -0.15) is 0 Å². The summed E-state index contributed by atoms with van der Waals surface area (Å²) in [6.07, 6.45) is 2.92. The van der Waals surface area contributed by atoms with Gasteiger partial charge in [0.05, 0.1) is 27.9 Å². The highest BCUT2D eigenvalue weighted by atomic mass is 127. The Labute approximate surface area is 204 Å². The summed E-state index contributed by atoms with van der Waals surface area (Å²) in [5.41, 5.74) is 0.992. The van der Waals surface area contributed by atoms with E-state index in [9.17, 15) is 0 Å². The molecule has 0 atom stereocenters. The first-order valence-electron chi connectivity index (χ1n) is 10.7. The van der Waals surface area contributed by atoms with Crippen LogP contribution in [0.2, 0.25) is 0 Å². The third-order valence-corrected chi connectivity index (χ3v) is 5.33. The van der Waals surface area contributed by atoms with Gasteiger partial charge in [0.1, 0.15) is 17.2 Å². The molecular formula is C22H39IN4O4. The molecule has 0 aromatic heterocycles. The van der Waals surface area contributed by atoms with E-state index in [-0.39, 0.29) is 24.0 Å². The van der Waals surface area contributed by atoms with Gasteiger partial charge in [-0.15, -0.1) is 24.0 Å². The van der Waals surface area contributed by atoms with E-state index in [0.29, 0.717) is 24.8 Å². The minimum atomic E-state index is 0. The number of piperidine rings is 1. The average Bonchev–Trinajstić information content (AvgIpc) is 2.78. The summed E-state index contributed by atoms with van der Waals surface area (Å²) in [4.78, 5) is 7.24. The molecule has 178 valence electrons. The average molecular weight is 550 g/mol. The molecule has 1 aromatic rings. The summed E-state index contributed by atoms with van der Waals surface area (Å²) in [7, 11) is 6.70. The van der Waals surface area contributed by atoms with Crippen molar-refractivity contribution < 1.29 is 18.9 Å². The predicted octanol–water partition coefficient (Wildman–Crippen LogP) is 2.54. The number of guanidine groups is 1. The van der Waals surface area contributed by atoms with Gasteiger partial charge in [-0.3, -0.25) is 4.99 Å². The number of nitrogens with one attached hydrogen (secondary N) is 2. The van der Waals surface area contributed by atoms with Gasteiger partial charge in [-0.25, -0.2) is 0 Å². The lowest BCUT2D eigenvalue weighted by atomic mass is 10.1. The quantitative estimate of drug-likeness (QED) is 0.249. The van der Waals surface area contributed by atoms with Gasteiger partial charge in [0.15, 0.2) is 5.96 Å². The normalized spacial score (nSPS) is 15.2. The molecule has 9 heteroatoms. The van der Waals surface area contributed by atoms with Crippen molar-refractivity contribution in [3.63, 3.8) is 0 Å². The van der Waals surface area contributed by atoms with Crippen molar-refractivity contribution in [3.05, 3.63) is 17.7 Å². The van der Waals surface area contributed by atoms with Crippen molar-refractivity contribution in [1.82, 2.24) is 15.5 Å². The van der Waals surface area contributed by atoms with Gasteiger partial charge in [-0.1, -0.05) is 0 Å². The fourth-order valence-electron chi connectivity index (χ4n) is 3.64. The van der Waals surface area contributed by atoms with E-state index in [1.807, 2.05) is 12.1 Å². The molecule has 0 unspecified atom stereocenters. The third-order valence-electron chi connectivity index (χ3n) is 5.33. The molecule has 1 aliphatic rings. The Morgan fingerprint density at radius 2 is 1.71 bits per heavy atom. The first-order chi connectivity index (χ1) is 14.6.